The van der Waals surface area contributed by atoms with Gasteiger partial charge in [-0.1, -0.05) is 49.1 Å². The molecule has 0 unspecified atom stereocenters. The lowest BCUT2D eigenvalue weighted by molar-refractivity contribution is -0.0282. The standard InChI is InChI=1S/C20H24/c1-15(7-8-16-5-3-2-4-6-16)20-12-17-9-18(13-20)11-19(10-17)14-20/h2-8,17-19H,1,9-14H2/b8-7+. The van der Waals surface area contributed by atoms with Crippen molar-refractivity contribution < 1.29 is 0 Å². The third-order valence-electron chi connectivity index (χ3n) is 6.00. The molecular weight excluding hydrogens is 240 g/mol. The molecule has 0 radical (unpaired) electrons. The van der Waals surface area contributed by atoms with E-state index >= 15 is 0 Å². The predicted molar refractivity (Wildman–Crippen MR) is 85.2 cm³/mol. The lowest BCUT2D eigenvalue weighted by atomic mass is 9.48. The summed E-state index contributed by atoms with van der Waals surface area (Å²) in [7, 11) is 0. The van der Waals surface area contributed by atoms with E-state index in [1.165, 1.54) is 49.7 Å². The summed E-state index contributed by atoms with van der Waals surface area (Å²) >= 11 is 0. The van der Waals surface area contributed by atoms with Gasteiger partial charge in [0.15, 0.2) is 0 Å². The molecular formula is C20H24. The molecule has 1 aromatic rings. The summed E-state index contributed by atoms with van der Waals surface area (Å²) < 4.78 is 0. The van der Waals surface area contributed by atoms with Crippen molar-refractivity contribution in [2.24, 2.45) is 23.2 Å². The number of benzene rings is 1. The molecule has 0 atom stereocenters. The van der Waals surface area contributed by atoms with Crippen LogP contribution in [0.3, 0.4) is 0 Å². The molecule has 4 saturated carbocycles. The molecule has 1 aromatic carbocycles. The summed E-state index contributed by atoms with van der Waals surface area (Å²) in [5.41, 5.74) is 3.15. The smallest absolute Gasteiger partial charge is 0.00449 e. The molecule has 0 amide bonds. The summed E-state index contributed by atoms with van der Waals surface area (Å²) in [4.78, 5) is 0. The molecule has 4 fully saturated rings. The Kier molecular flexibility index (Phi) is 2.87. The molecule has 0 nitrogen and oxygen atoms in total. The second-order valence-corrected chi connectivity index (χ2v) is 7.47. The Morgan fingerprint density at radius 1 is 0.950 bits per heavy atom. The lowest BCUT2D eigenvalue weighted by Gasteiger charge is -2.57. The third kappa shape index (κ3) is 2.06. The molecule has 4 bridgehead atoms. The lowest BCUT2D eigenvalue weighted by Crippen LogP contribution is -2.46. The zero-order chi connectivity index (χ0) is 13.6. The summed E-state index contributed by atoms with van der Waals surface area (Å²) in [6.07, 6.45) is 13.3. The molecule has 0 N–H and O–H groups in total. The maximum atomic E-state index is 4.47. The Morgan fingerprint density at radius 2 is 1.50 bits per heavy atom. The van der Waals surface area contributed by atoms with E-state index < -0.39 is 0 Å². The topological polar surface area (TPSA) is 0 Å². The van der Waals surface area contributed by atoms with Gasteiger partial charge in [-0.05, 0) is 72.8 Å². The molecule has 0 spiro atoms. The Labute approximate surface area is 122 Å². The zero-order valence-corrected chi connectivity index (χ0v) is 12.2. The quantitative estimate of drug-likeness (QED) is 0.635. The minimum atomic E-state index is 0.458. The second kappa shape index (κ2) is 4.62. The van der Waals surface area contributed by atoms with E-state index in [4.69, 9.17) is 0 Å². The van der Waals surface area contributed by atoms with Gasteiger partial charge >= 0.3 is 0 Å². The van der Waals surface area contributed by atoms with Gasteiger partial charge in [0.05, 0.1) is 0 Å². The molecule has 0 heterocycles. The van der Waals surface area contributed by atoms with Gasteiger partial charge in [-0.2, -0.15) is 0 Å². The van der Waals surface area contributed by atoms with Crippen molar-refractivity contribution in [2.75, 3.05) is 0 Å². The van der Waals surface area contributed by atoms with E-state index in [2.05, 4.69) is 49.1 Å². The molecule has 0 heteroatoms. The first-order valence-electron chi connectivity index (χ1n) is 8.16. The Hall–Kier alpha value is -1.30. The number of rotatable bonds is 3. The average Bonchev–Trinajstić information content (AvgIpc) is 2.44. The summed E-state index contributed by atoms with van der Waals surface area (Å²) in [5.74, 6) is 3.01. The first-order valence-corrected chi connectivity index (χ1v) is 8.16. The first-order chi connectivity index (χ1) is 9.73. The van der Waals surface area contributed by atoms with Crippen molar-refractivity contribution in [1.82, 2.24) is 0 Å². The first kappa shape index (κ1) is 12.4. The van der Waals surface area contributed by atoms with Crippen molar-refractivity contribution >= 4 is 6.08 Å². The van der Waals surface area contributed by atoms with E-state index in [-0.39, 0.29) is 0 Å². The van der Waals surface area contributed by atoms with Crippen LogP contribution in [0, 0.1) is 23.2 Å². The van der Waals surface area contributed by atoms with Crippen LogP contribution in [0.25, 0.3) is 6.08 Å². The molecule has 4 aliphatic carbocycles. The van der Waals surface area contributed by atoms with E-state index in [1.807, 2.05) is 0 Å². The van der Waals surface area contributed by atoms with Gasteiger partial charge < -0.3 is 0 Å². The molecule has 20 heavy (non-hydrogen) atoms. The van der Waals surface area contributed by atoms with Crippen LogP contribution in [0.2, 0.25) is 0 Å². The Morgan fingerprint density at radius 3 is 2.05 bits per heavy atom. The van der Waals surface area contributed by atoms with Crippen LogP contribution in [0.5, 0.6) is 0 Å². The van der Waals surface area contributed by atoms with Crippen LogP contribution in [-0.2, 0) is 0 Å². The fraction of sp³-hybridized carbons (Fsp3) is 0.500. The Balaban J connectivity index is 1.55. The maximum absolute atomic E-state index is 4.47. The highest BCUT2D eigenvalue weighted by atomic mass is 14.6. The van der Waals surface area contributed by atoms with E-state index in [0.29, 0.717) is 5.41 Å². The molecule has 4 aliphatic rings. The third-order valence-corrected chi connectivity index (χ3v) is 6.00. The van der Waals surface area contributed by atoms with Crippen LogP contribution in [0.1, 0.15) is 44.1 Å². The Bertz CT molecular complexity index is 499. The fourth-order valence-corrected chi connectivity index (χ4v) is 5.44. The van der Waals surface area contributed by atoms with E-state index in [9.17, 15) is 0 Å². The van der Waals surface area contributed by atoms with Crippen LogP contribution < -0.4 is 0 Å². The molecule has 0 saturated heterocycles. The number of allylic oxidation sites excluding steroid dienone is 2. The summed E-state index contributed by atoms with van der Waals surface area (Å²) in [5, 5.41) is 0. The number of hydrogen-bond donors (Lipinski definition) is 0. The summed E-state index contributed by atoms with van der Waals surface area (Å²) in [6, 6.07) is 10.6. The number of hydrogen-bond acceptors (Lipinski definition) is 0. The van der Waals surface area contributed by atoms with Crippen molar-refractivity contribution in [1.29, 1.82) is 0 Å². The van der Waals surface area contributed by atoms with Gasteiger partial charge in [0.25, 0.3) is 0 Å². The predicted octanol–water partition coefficient (Wildman–Crippen LogP) is 5.47. The van der Waals surface area contributed by atoms with Gasteiger partial charge in [-0.15, -0.1) is 0 Å². The monoisotopic (exact) mass is 264 g/mol. The van der Waals surface area contributed by atoms with Crippen molar-refractivity contribution in [2.45, 2.75) is 38.5 Å². The highest BCUT2D eigenvalue weighted by Gasteiger charge is 2.51. The maximum Gasteiger partial charge on any atom is -0.00449 e. The molecule has 0 aliphatic heterocycles. The van der Waals surface area contributed by atoms with Crippen molar-refractivity contribution in [3.05, 3.63) is 54.1 Å². The van der Waals surface area contributed by atoms with Gasteiger partial charge in [-0.3, -0.25) is 0 Å². The van der Waals surface area contributed by atoms with Gasteiger partial charge in [0, 0.05) is 0 Å². The highest BCUT2D eigenvalue weighted by molar-refractivity contribution is 5.53. The minimum Gasteiger partial charge on any atom is -0.0953 e. The SMILES string of the molecule is C=C(/C=C/c1ccccc1)C12CC3CC(CC(C3)C1)C2. The van der Waals surface area contributed by atoms with E-state index in [0.717, 1.165) is 17.8 Å². The van der Waals surface area contributed by atoms with E-state index in [1.54, 1.807) is 0 Å². The molecule has 0 aromatic heterocycles. The molecule has 5 rings (SSSR count). The van der Waals surface area contributed by atoms with Crippen molar-refractivity contribution in [3.63, 3.8) is 0 Å². The van der Waals surface area contributed by atoms with Gasteiger partial charge in [0.1, 0.15) is 0 Å². The largest absolute Gasteiger partial charge is 0.0953 e. The van der Waals surface area contributed by atoms with Crippen LogP contribution in [0.4, 0.5) is 0 Å². The van der Waals surface area contributed by atoms with Crippen LogP contribution in [0.15, 0.2) is 48.6 Å². The van der Waals surface area contributed by atoms with Gasteiger partial charge in [0.2, 0.25) is 0 Å². The van der Waals surface area contributed by atoms with Crippen molar-refractivity contribution in [3.8, 4) is 0 Å². The van der Waals surface area contributed by atoms with Crippen LogP contribution >= 0.6 is 0 Å². The fourth-order valence-electron chi connectivity index (χ4n) is 5.44. The highest BCUT2D eigenvalue weighted by Crippen LogP contribution is 2.62. The average molecular weight is 264 g/mol. The summed E-state index contributed by atoms with van der Waals surface area (Å²) in [6.45, 7) is 4.47. The van der Waals surface area contributed by atoms with Crippen LogP contribution in [-0.4, -0.2) is 0 Å². The minimum absolute atomic E-state index is 0.458. The normalized spacial score (nSPS) is 38.5. The zero-order valence-electron chi connectivity index (χ0n) is 12.2. The van der Waals surface area contributed by atoms with Gasteiger partial charge in [-0.25, -0.2) is 0 Å². The second-order valence-electron chi connectivity index (χ2n) is 7.47. The molecule has 104 valence electrons.